The van der Waals surface area contributed by atoms with Gasteiger partial charge in [0, 0.05) is 27.3 Å². The third-order valence-electron chi connectivity index (χ3n) is 5.25. The highest BCUT2D eigenvalue weighted by Crippen LogP contribution is 2.32. The fourth-order valence-corrected chi connectivity index (χ4v) is 3.85. The summed E-state index contributed by atoms with van der Waals surface area (Å²) in [7, 11) is 0. The highest BCUT2D eigenvalue weighted by Gasteiger charge is 2.16. The van der Waals surface area contributed by atoms with Gasteiger partial charge >= 0.3 is 11.8 Å². The van der Waals surface area contributed by atoms with Crippen LogP contribution in [-0.2, 0) is 20.9 Å². The summed E-state index contributed by atoms with van der Waals surface area (Å²) >= 11 is 9.46. The summed E-state index contributed by atoms with van der Waals surface area (Å²) in [5.74, 6) is -0.651. The third-order valence-corrected chi connectivity index (χ3v) is 6.15. The molecule has 196 valence electrons. The van der Waals surface area contributed by atoms with E-state index in [-0.39, 0.29) is 25.9 Å². The van der Waals surface area contributed by atoms with Gasteiger partial charge in [-0.25, -0.2) is 5.43 Å². The molecule has 0 spiro atoms. The van der Waals surface area contributed by atoms with Crippen molar-refractivity contribution in [1.82, 2.24) is 10.7 Å². The van der Waals surface area contributed by atoms with Crippen LogP contribution in [0.1, 0.15) is 16.7 Å². The molecule has 0 saturated heterocycles. The molecular weight excluding hydrogens is 580 g/mol. The van der Waals surface area contributed by atoms with Crippen molar-refractivity contribution in [3.63, 3.8) is 0 Å². The van der Waals surface area contributed by atoms with Crippen molar-refractivity contribution in [2.24, 2.45) is 5.10 Å². The molecule has 10 nitrogen and oxygen atoms in total. The van der Waals surface area contributed by atoms with E-state index in [1.165, 1.54) is 6.21 Å². The summed E-state index contributed by atoms with van der Waals surface area (Å²) < 4.78 is 16.9. The normalized spacial score (nSPS) is 11.8. The lowest BCUT2D eigenvalue weighted by Gasteiger charge is -2.11. The van der Waals surface area contributed by atoms with Crippen molar-refractivity contribution in [3.8, 4) is 17.2 Å². The number of fused-ring (bicyclic) bond motifs is 1. The number of rotatable bonds is 8. The van der Waals surface area contributed by atoms with Gasteiger partial charge in [-0.05, 0) is 60.5 Å². The fourth-order valence-electron chi connectivity index (χ4n) is 3.29. The Labute approximate surface area is 231 Å². The molecule has 0 fully saturated rings. The fraction of sp³-hybridized carbons (Fsp3) is 0.154. The summed E-state index contributed by atoms with van der Waals surface area (Å²) in [4.78, 5) is 36.6. The van der Waals surface area contributed by atoms with Crippen LogP contribution in [-0.4, -0.2) is 37.3 Å². The van der Waals surface area contributed by atoms with E-state index in [4.69, 9.17) is 25.8 Å². The van der Waals surface area contributed by atoms with E-state index in [2.05, 4.69) is 37.1 Å². The van der Waals surface area contributed by atoms with Gasteiger partial charge in [-0.1, -0.05) is 39.7 Å². The number of halogens is 2. The maximum Gasteiger partial charge on any atom is 0.329 e. The van der Waals surface area contributed by atoms with Gasteiger partial charge in [-0.3, -0.25) is 14.4 Å². The van der Waals surface area contributed by atoms with Crippen molar-refractivity contribution < 1.29 is 28.6 Å². The zero-order chi connectivity index (χ0) is 27.1. The number of carbonyl (C=O) groups excluding carboxylic acids is 3. The molecule has 0 aliphatic carbocycles. The minimum Gasteiger partial charge on any atom is -0.483 e. The molecule has 3 aromatic carbocycles. The molecule has 0 aromatic heterocycles. The zero-order valence-corrected chi connectivity index (χ0v) is 22.4. The third kappa shape index (κ3) is 7.24. The smallest absolute Gasteiger partial charge is 0.329 e. The molecule has 0 atom stereocenters. The second-order valence-electron chi connectivity index (χ2n) is 8.05. The molecule has 38 heavy (non-hydrogen) atoms. The van der Waals surface area contributed by atoms with Gasteiger partial charge in [-0.15, -0.1) is 0 Å². The van der Waals surface area contributed by atoms with E-state index in [1.54, 1.807) is 54.6 Å². The van der Waals surface area contributed by atoms with E-state index < -0.39 is 11.8 Å². The largest absolute Gasteiger partial charge is 0.483 e. The first-order chi connectivity index (χ1) is 18.3. The Morgan fingerprint density at radius 2 is 1.87 bits per heavy atom. The minimum absolute atomic E-state index is 0.118. The van der Waals surface area contributed by atoms with Crippen LogP contribution in [0.2, 0.25) is 5.02 Å². The van der Waals surface area contributed by atoms with Crippen molar-refractivity contribution in [3.05, 3.63) is 80.8 Å². The Balaban J connectivity index is 1.28. The van der Waals surface area contributed by atoms with E-state index in [0.29, 0.717) is 33.5 Å². The number of benzene rings is 3. The Hall–Kier alpha value is -4.09. The number of carbonyl (C=O) groups is 3. The highest BCUT2D eigenvalue weighted by molar-refractivity contribution is 9.10. The molecule has 12 heteroatoms. The van der Waals surface area contributed by atoms with Crippen LogP contribution in [0.25, 0.3) is 0 Å². The predicted octanol–water partition coefficient (Wildman–Crippen LogP) is 3.92. The van der Waals surface area contributed by atoms with Crippen LogP contribution in [0.5, 0.6) is 17.2 Å². The topological polar surface area (TPSA) is 127 Å². The minimum atomic E-state index is -0.949. The molecule has 4 rings (SSSR count). The van der Waals surface area contributed by atoms with Crippen molar-refractivity contribution >= 4 is 57.2 Å². The Morgan fingerprint density at radius 1 is 1.05 bits per heavy atom. The van der Waals surface area contributed by atoms with Crippen LogP contribution in [0.4, 0.5) is 5.69 Å². The second-order valence-corrected chi connectivity index (χ2v) is 9.38. The zero-order valence-electron chi connectivity index (χ0n) is 20.0. The number of hydrogen-bond acceptors (Lipinski definition) is 7. The maximum absolute atomic E-state index is 12.3. The molecule has 3 N–H and O–H groups in total. The number of nitrogens with zero attached hydrogens (tertiary/aromatic N) is 1. The van der Waals surface area contributed by atoms with Crippen LogP contribution < -0.4 is 30.3 Å². The molecule has 1 heterocycles. The summed E-state index contributed by atoms with van der Waals surface area (Å²) in [6, 6.07) is 15.5. The van der Waals surface area contributed by atoms with Gasteiger partial charge in [0.2, 0.25) is 6.79 Å². The van der Waals surface area contributed by atoms with Gasteiger partial charge in [0.1, 0.15) is 5.75 Å². The molecule has 1 aliphatic rings. The monoisotopic (exact) mass is 600 g/mol. The first-order valence-corrected chi connectivity index (χ1v) is 12.4. The summed E-state index contributed by atoms with van der Waals surface area (Å²) in [5, 5.41) is 9.61. The number of aryl methyl sites for hydroxylation is 1. The lowest BCUT2D eigenvalue weighted by atomic mass is 10.2. The predicted molar refractivity (Wildman–Crippen MR) is 145 cm³/mol. The number of amides is 3. The van der Waals surface area contributed by atoms with Crippen molar-refractivity contribution in [2.45, 2.75) is 13.5 Å². The van der Waals surface area contributed by atoms with E-state index in [1.807, 2.05) is 6.92 Å². The first-order valence-electron chi connectivity index (χ1n) is 11.3. The Bertz CT molecular complexity index is 1410. The second kappa shape index (κ2) is 12.4. The molecule has 1 aliphatic heterocycles. The summed E-state index contributed by atoms with van der Waals surface area (Å²) in [6.07, 6.45) is 1.31. The lowest BCUT2D eigenvalue weighted by Crippen LogP contribution is -2.37. The van der Waals surface area contributed by atoms with Gasteiger partial charge in [0.25, 0.3) is 5.91 Å². The average Bonchev–Trinajstić information content (AvgIpc) is 3.37. The van der Waals surface area contributed by atoms with Gasteiger partial charge in [0.15, 0.2) is 18.1 Å². The average molecular weight is 602 g/mol. The molecule has 0 saturated carbocycles. The van der Waals surface area contributed by atoms with Crippen LogP contribution in [0, 0.1) is 6.92 Å². The molecule has 3 aromatic rings. The van der Waals surface area contributed by atoms with Crippen molar-refractivity contribution in [1.29, 1.82) is 0 Å². The molecular formula is C26H22BrClN4O6. The van der Waals surface area contributed by atoms with E-state index in [0.717, 1.165) is 15.6 Å². The number of hydrazone groups is 1. The SMILES string of the molecule is Cc1ccc(NC(=O)COc2ccc(Br)cc2/C=N\NC(=O)C(=O)NCc2ccc3c(c2)OCO3)cc1Cl. The summed E-state index contributed by atoms with van der Waals surface area (Å²) in [5.41, 5.74) is 4.82. The quantitative estimate of drug-likeness (QED) is 0.204. The number of hydrogen-bond donors (Lipinski definition) is 3. The number of nitrogens with one attached hydrogen (secondary N) is 3. The Kier molecular flexibility index (Phi) is 8.82. The van der Waals surface area contributed by atoms with Gasteiger partial charge in [0.05, 0.1) is 6.21 Å². The molecule has 3 amide bonds. The number of anilines is 1. The molecule has 0 unspecified atom stereocenters. The number of ether oxygens (including phenoxy) is 3. The van der Waals surface area contributed by atoms with Crippen LogP contribution in [0.3, 0.4) is 0 Å². The first kappa shape index (κ1) is 27.0. The molecule has 0 bridgehead atoms. The van der Waals surface area contributed by atoms with E-state index >= 15 is 0 Å². The van der Waals surface area contributed by atoms with Crippen LogP contribution in [0.15, 0.2) is 64.2 Å². The van der Waals surface area contributed by atoms with Crippen LogP contribution >= 0.6 is 27.5 Å². The molecule has 0 radical (unpaired) electrons. The highest BCUT2D eigenvalue weighted by atomic mass is 79.9. The maximum atomic E-state index is 12.3. The van der Waals surface area contributed by atoms with Gasteiger partial charge in [-0.2, -0.15) is 5.10 Å². The lowest BCUT2D eigenvalue weighted by molar-refractivity contribution is -0.139. The van der Waals surface area contributed by atoms with Gasteiger partial charge < -0.3 is 24.8 Å². The Morgan fingerprint density at radius 3 is 2.68 bits per heavy atom. The van der Waals surface area contributed by atoms with E-state index in [9.17, 15) is 14.4 Å². The van der Waals surface area contributed by atoms with Crippen molar-refractivity contribution in [2.75, 3.05) is 18.7 Å². The standard InChI is InChI=1S/C26H22BrClN4O6/c1-15-2-5-19(10-20(15)28)31-24(33)13-36-21-7-4-18(27)9-17(21)12-30-32-26(35)25(34)29-11-16-3-6-22-23(8-16)38-14-37-22/h2-10,12H,11,13-14H2,1H3,(H,29,34)(H,31,33)(H,32,35)/b30-12-. The summed E-state index contributed by atoms with van der Waals surface area (Å²) in [6.45, 7) is 1.85.